The normalized spacial score (nSPS) is 21.6. The van der Waals surface area contributed by atoms with Crippen LogP contribution in [-0.2, 0) is 6.54 Å². The lowest BCUT2D eigenvalue weighted by atomic mass is 9.81. The Morgan fingerprint density at radius 2 is 1.79 bits per heavy atom. The van der Waals surface area contributed by atoms with Gasteiger partial charge in [-0.15, -0.1) is 0 Å². The summed E-state index contributed by atoms with van der Waals surface area (Å²) in [4.78, 5) is 2.68. The molecule has 0 spiro atoms. The summed E-state index contributed by atoms with van der Waals surface area (Å²) in [6.45, 7) is 8.95. The molecule has 136 valence electrons. The van der Waals surface area contributed by atoms with Crippen molar-refractivity contribution in [3.8, 4) is 0 Å². The number of rotatable bonds is 9. The molecule has 1 aliphatic rings. The highest BCUT2D eigenvalue weighted by Gasteiger charge is 2.23. The quantitative estimate of drug-likeness (QED) is 0.651. The highest BCUT2D eigenvalue weighted by molar-refractivity contribution is 6.30. The van der Waals surface area contributed by atoms with E-state index in [0.717, 1.165) is 35.9 Å². The molecule has 0 aromatic heterocycles. The molecule has 0 aliphatic heterocycles. The van der Waals surface area contributed by atoms with Crippen LogP contribution in [0.1, 0.15) is 57.9 Å². The van der Waals surface area contributed by atoms with E-state index in [1.807, 2.05) is 6.07 Å². The van der Waals surface area contributed by atoms with Crippen LogP contribution in [0, 0.1) is 17.8 Å². The van der Waals surface area contributed by atoms with E-state index in [4.69, 9.17) is 17.3 Å². The van der Waals surface area contributed by atoms with Crippen LogP contribution in [0.5, 0.6) is 0 Å². The van der Waals surface area contributed by atoms with Gasteiger partial charge in [0.05, 0.1) is 0 Å². The Morgan fingerprint density at radius 3 is 2.38 bits per heavy atom. The first-order valence-electron chi connectivity index (χ1n) is 9.81. The molecule has 0 saturated heterocycles. The second-order valence-electron chi connectivity index (χ2n) is 7.63. The third-order valence-electron chi connectivity index (χ3n) is 5.78. The summed E-state index contributed by atoms with van der Waals surface area (Å²) in [6.07, 6.45) is 7.85. The van der Waals surface area contributed by atoms with Gasteiger partial charge in [0.25, 0.3) is 0 Å². The highest BCUT2D eigenvalue weighted by atomic mass is 35.5. The van der Waals surface area contributed by atoms with E-state index in [1.165, 1.54) is 57.2 Å². The molecule has 0 amide bonds. The molecular weight excluding hydrogens is 316 g/mol. The molecule has 0 bridgehead atoms. The van der Waals surface area contributed by atoms with E-state index < -0.39 is 0 Å². The van der Waals surface area contributed by atoms with E-state index in [-0.39, 0.29) is 0 Å². The maximum atomic E-state index is 6.18. The second kappa shape index (κ2) is 10.4. The summed E-state index contributed by atoms with van der Waals surface area (Å²) in [5, 5.41) is 0.846. The molecule has 1 aromatic rings. The van der Waals surface area contributed by atoms with Crippen molar-refractivity contribution in [2.24, 2.45) is 23.5 Å². The zero-order valence-electron chi connectivity index (χ0n) is 15.5. The van der Waals surface area contributed by atoms with Gasteiger partial charge in [-0.1, -0.05) is 50.4 Å². The Hall–Kier alpha value is -0.570. The standard InChI is InChI=1S/C21H35ClN2/c1-3-17(4-2)14-24(16-20-6-5-7-21(22)12-20)15-19-10-8-18(13-23)9-11-19/h5-7,12,17-19H,3-4,8-11,13-16,23H2,1-2H3. The van der Waals surface area contributed by atoms with Gasteiger partial charge < -0.3 is 5.73 Å². The number of nitrogens with two attached hydrogens (primary N) is 1. The van der Waals surface area contributed by atoms with Crippen LogP contribution in [0.15, 0.2) is 24.3 Å². The number of halogens is 1. The maximum Gasteiger partial charge on any atom is 0.0409 e. The van der Waals surface area contributed by atoms with Crippen LogP contribution in [0.3, 0.4) is 0 Å². The third kappa shape index (κ3) is 6.38. The minimum Gasteiger partial charge on any atom is -0.330 e. The van der Waals surface area contributed by atoms with Gasteiger partial charge in [-0.05, 0) is 67.7 Å². The van der Waals surface area contributed by atoms with Crippen molar-refractivity contribution in [2.75, 3.05) is 19.6 Å². The van der Waals surface area contributed by atoms with Crippen LogP contribution in [-0.4, -0.2) is 24.5 Å². The Labute approximate surface area is 153 Å². The van der Waals surface area contributed by atoms with Crippen molar-refractivity contribution in [3.05, 3.63) is 34.9 Å². The molecule has 0 heterocycles. The van der Waals surface area contributed by atoms with Crippen LogP contribution in [0.2, 0.25) is 5.02 Å². The zero-order chi connectivity index (χ0) is 17.4. The fourth-order valence-corrected chi connectivity index (χ4v) is 4.24. The van der Waals surface area contributed by atoms with E-state index >= 15 is 0 Å². The van der Waals surface area contributed by atoms with Gasteiger partial charge in [-0.25, -0.2) is 0 Å². The lowest BCUT2D eigenvalue weighted by Gasteiger charge is -2.34. The molecule has 1 aromatic carbocycles. The summed E-state index contributed by atoms with van der Waals surface area (Å²) in [5.74, 6) is 2.40. The van der Waals surface area contributed by atoms with Crippen molar-refractivity contribution in [1.82, 2.24) is 4.90 Å². The summed E-state index contributed by atoms with van der Waals surface area (Å²) in [6, 6.07) is 8.35. The molecule has 1 aliphatic carbocycles. The summed E-state index contributed by atoms with van der Waals surface area (Å²) in [5.41, 5.74) is 7.18. The smallest absolute Gasteiger partial charge is 0.0409 e. The Bertz CT molecular complexity index is 465. The fourth-order valence-electron chi connectivity index (χ4n) is 4.02. The first-order valence-corrected chi connectivity index (χ1v) is 10.2. The van der Waals surface area contributed by atoms with Crippen molar-refractivity contribution < 1.29 is 0 Å². The Kier molecular flexibility index (Phi) is 8.58. The predicted octanol–water partition coefficient (Wildman–Crippen LogP) is 5.34. The summed E-state index contributed by atoms with van der Waals surface area (Å²) in [7, 11) is 0. The zero-order valence-corrected chi connectivity index (χ0v) is 16.3. The van der Waals surface area contributed by atoms with Gasteiger partial charge in [0.2, 0.25) is 0 Å². The summed E-state index contributed by atoms with van der Waals surface area (Å²) < 4.78 is 0. The van der Waals surface area contributed by atoms with Crippen LogP contribution < -0.4 is 5.73 Å². The second-order valence-corrected chi connectivity index (χ2v) is 8.07. The molecule has 2 N–H and O–H groups in total. The predicted molar refractivity (Wildman–Crippen MR) is 105 cm³/mol. The molecular formula is C21H35ClN2. The average Bonchev–Trinajstić information content (AvgIpc) is 2.60. The number of benzene rings is 1. The largest absolute Gasteiger partial charge is 0.330 e. The van der Waals surface area contributed by atoms with E-state index in [2.05, 4.69) is 36.9 Å². The molecule has 1 fully saturated rings. The monoisotopic (exact) mass is 350 g/mol. The number of hydrogen-bond donors (Lipinski definition) is 1. The lowest BCUT2D eigenvalue weighted by Crippen LogP contribution is -2.35. The lowest BCUT2D eigenvalue weighted by molar-refractivity contribution is 0.153. The molecule has 2 rings (SSSR count). The number of hydrogen-bond acceptors (Lipinski definition) is 2. The van der Waals surface area contributed by atoms with E-state index in [0.29, 0.717) is 0 Å². The molecule has 1 saturated carbocycles. The fraction of sp³-hybridized carbons (Fsp3) is 0.714. The Morgan fingerprint density at radius 1 is 1.12 bits per heavy atom. The van der Waals surface area contributed by atoms with Crippen molar-refractivity contribution in [1.29, 1.82) is 0 Å². The van der Waals surface area contributed by atoms with Crippen molar-refractivity contribution in [2.45, 2.75) is 58.9 Å². The first-order chi connectivity index (χ1) is 11.6. The highest BCUT2D eigenvalue weighted by Crippen LogP contribution is 2.29. The molecule has 3 heteroatoms. The topological polar surface area (TPSA) is 29.3 Å². The minimum atomic E-state index is 0.765. The van der Waals surface area contributed by atoms with Gasteiger partial charge >= 0.3 is 0 Å². The van der Waals surface area contributed by atoms with E-state index in [9.17, 15) is 0 Å². The molecule has 24 heavy (non-hydrogen) atoms. The van der Waals surface area contributed by atoms with Crippen LogP contribution >= 0.6 is 11.6 Å². The molecule has 0 atom stereocenters. The van der Waals surface area contributed by atoms with Gasteiger partial charge in [0.1, 0.15) is 0 Å². The maximum absolute atomic E-state index is 6.18. The van der Waals surface area contributed by atoms with Gasteiger partial charge in [-0.2, -0.15) is 0 Å². The number of nitrogens with zero attached hydrogens (tertiary/aromatic N) is 1. The first kappa shape index (κ1) is 19.8. The van der Waals surface area contributed by atoms with E-state index in [1.54, 1.807) is 0 Å². The van der Waals surface area contributed by atoms with Crippen LogP contribution in [0.4, 0.5) is 0 Å². The third-order valence-corrected chi connectivity index (χ3v) is 6.02. The average molecular weight is 351 g/mol. The SMILES string of the molecule is CCC(CC)CN(Cc1cccc(Cl)c1)CC1CCC(CN)CC1. The van der Waals surface area contributed by atoms with Crippen molar-refractivity contribution >= 4 is 11.6 Å². The van der Waals surface area contributed by atoms with Crippen molar-refractivity contribution in [3.63, 3.8) is 0 Å². The van der Waals surface area contributed by atoms with Crippen LogP contribution in [0.25, 0.3) is 0 Å². The van der Waals surface area contributed by atoms with Gasteiger partial charge in [0, 0.05) is 24.7 Å². The molecule has 0 unspecified atom stereocenters. The Balaban J connectivity index is 1.97. The van der Waals surface area contributed by atoms with Gasteiger partial charge in [-0.3, -0.25) is 4.90 Å². The molecule has 0 radical (unpaired) electrons. The summed E-state index contributed by atoms with van der Waals surface area (Å²) >= 11 is 6.18. The minimum absolute atomic E-state index is 0.765. The molecule has 2 nitrogen and oxygen atoms in total. The van der Waals surface area contributed by atoms with Gasteiger partial charge in [0.15, 0.2) is 0 Å².